The molecule has 0 saturated heterocycles. The molecule has 0 spiro atoms. The first-order valence-corrected chi connectivity index (χ1v) is 5.69. The molecule has 1 aromatic carbocycles. The molecule has 0 radical (unpaired) electrons. The summed E-state index contributed by atoms with van der Waals surface area (Å²) in [6, 6.07) is 11.3. The first-order chi connectivity index (χ1) is 8.79. The van der Waals surface area contributed by atoms with Gasteiger partial charge in [0.25, 0.3) is 5.91 Å². The van der Waals surface area contributed by atoms with Crippen LogP contribution < -0.4 is 9.64 Å². The van der Waals surface area contributed by atoms with E-state index in [2.05, 4.69) is 4.98 Å². The molecular weight excluding hydrogens is 228 g/mol. The van der Waals surface area contributed by atoms with Gasteiger partial charge in [0.1, 0.15) is 0 Å². The third-order valence-electron chi connectivity index (χ3n) is 3.06. The summed E-state index contributed by atoms with van der Waals surface area (Å²) in [5.74, 6) is 0.570. The summed E-state index contributed by atoms with van der Waals surface area (Å²) in [6.07, 6.45) is 1.66. The Labute approximate surface area is 105 Å². The van der Waals surface area contributed by atoms with Gasteiger partial charge in [-0.3, -0.25) is 4.79 Å². The van der Waals surface area contributed by atoms with Gasteiger partial charge >= 0.3 is 0 Å². The molecule has 90 valence electrons. The van der Waals surface area contributed by atoms with Crippen molar-refractivity contribution in [3.63, 3.8) is 0 Å². The average molecular weight is 240 g/mol. The fraction of sp³-hybridized carbons (Fsp3) is 0.143. The fourth-order valence-corrected chi connectivity index (χ4v) is 2.12. The molecule has 1 amide bonds. The first kappa shape index (κ1) is 10.8. The van der Waals surface area contributed by atoms with Crippen molar-refractivity contribution in [2.24, 2.45) is 0 Å². The van der Waals surface area contributed by atoms with Crippen LogP contribution in [-0.2, 0) is 6.54 Å². The van der Waals surface area contributed by atoms with Gasteiger partial charge in [-0.1, -0.05) is 18.2 Å². The van der Waals surface area contributed by atoms with E-state index in [9.17, 15) is 4.79 Å². The highest BCUT2D eigenvalue weighted by Gasteiger charge is 2.27. The smallest absolute Gasteiger partial charge is 0.258 e. The number of benzene rings is 1. The summed E-state index contributed by atoms with van der Waals surface area (Å²) in [6.45, 7) is 0.600. The summed E-state index contributed by atoms with van der Waals surface area (Å²) >= 11 is 0. The number of methoxy groups -OCH3 is 1. The minimum atomic E-state index is 0.0255. The van der Waals surface area contributed by atoms with Crippen molar-refractivity contribution in [2.75, 3.05) is 12.0 Å². The second kappa shape index (κ2) is 4.14. The monoisotopic (exact) mass is 240 g/mol. The highest BCUT2D eigenvalue weighted by molar-refractivity contribution is 6.09. The Bertz CT molecular complexity index is 593. The second-order valence-electron chi connectivity index (χ2n) is 4.11. The van der Waals surface area contributed by atoms with Crippen molar-refractivity contribution in [1.82, 2.24) is 4.98 Å². The number of aromatic nitrogens is 1. The zero-order valence-corrected chi connectivity index (χ0v) is 9.96. The molecule has 0 N–H and O–H groups in total. The van der Waals surface area contributed by atoms with Crippen LogP contribution in [0.1, 0.15) is 15.9 Å². The maximum absolute atomic E-state index is 12.2. The van der Waals surface area contributed by atoms with E-state index < -0.39 is 0 Å². The third kappa shape index (κ3) is 1.62. The topological polar surface area (TPSA) is 42.4 Å². The average Bonchev–Trinajstić information content (AvgIpc) is 2.77. The highest BCUT2D eigenvalue weighted by Crippen LogP contribution is 2.28. The maximum atomic E-state index is 12.2. The highest BCUT2D eigenvalue weighted by atomic mass is 16.5. The van der Waals surface area contributed by atoms with Crippen molar-refractivity contribution in [3.8, 4) is 5.88 Å². The van der Waals surface area contributed by atoms with Gasteiger partial charge in [-0.05, 0) is 17.7 Å². The number of carbonyl (C=O) groups excluding carboxylic acids is 1. The van der Waals surface area contributed by atoms with Crippen molar-refractivity contribution in [1.29, 1.82) is 0 Å². The van der Waals surface area contributed by atoms with E-state index in [1.165, 1.54) is 0 Å². The van der Waals surface area contributed by atoms with Crippen LogP contribution in [0.25, 0.3) is 0 Å². The van der Waals surface area contributed by atoms with Crippen molar-refractivity contribution < 1.29 is 9.53 Å². The maximum Gasteiger partial charge on any atom is 0.258 e. The summed E-state index contributed by atoms with van der Waals surface area (Å²) in [5, 5.41) is 0. The molecule has 1 aliphatic rings. The Hall–Kier alpha value is -2.36. The Morgan fingerprint density at radius 2 is 2.06 bits per heavy atom. The number of fused-ring (bicyclic) bond motifs is 1. The van der Waals surface area contributed by atoms with Gasteiger partial charge in [0.15, 0.2) is 0 Å². The number of carbonyl (C=O) groups is 1. The van der Waals surface area contributed by atoms with Crippen LogP contribution >= 0.6 is 0 Å². The van der Waals surface area contributed by atoms with Crippen LogP contribution in [0.5, 0.6) is 5.88 Å². The minimum Gasteiger partial charge on any atom is -0.481 e. The second-order valence-corrected chi connectivity index (χ2v) is 4.11. The Kier molecular flexibility index (Phi) is 2.48. The van der Waals surface area contributed by atoms with Crippen LogP contribution in [0, 0.1) is 0 Å². The number of hydrogen-bond donors (Lipinski definition) is 0. The molecule has 2 heterocycles. The molecular formula is C14H12N2O2. The van der Waals surface area contributed by atoms with Crippen molar-refractivity contribution in [2.45, 2.75) is 6.54 Å². The minimum absolute atomic E-state index is 0.0255. The predicted molar refractivity (Wildman–Crippen MR) is 67.7 cm³/mol. The molecule has 0 bridgehead atoms. The zero-order valence-electron chi connectivity index (χ0n) is 9.96. The zero-order chi connectivity index (χ0) is 12.5. The number of anilines is 1. The van der Waals surface area contributed by atoms with Crippen LogP contribution in [0.15, 0.2) is 42.6 Å². The Balaban J connectivity index is 1.93. The lowest BCUT2D eigenvalue weighted by molar-refractivity contribution is 0.0996. The summed E-state index contributed by atoms with van der Waals surface area (Å²) < 4.78 is 5.01. The van der Waals surface area contributed by atoms with E-state index in [4.69, 9.17) is 4.74 Å². The molecule has 18 heavy (non-hydrogen) atoms. The normalized spacial score (nSPS) is 13.6. The molecule has 4 nitrogen and oxygen atoms in total. The molecule has 0 fully saturated rings. The number of pyridine rings is 1. The van der Waals surface area contributed by atoms with E-state index in [1.54, 1.807) is 24.3 Å². The van der Waals surface area contributed by atoms with Gasteiger partial charge in [0.05, 0.1) is 25.5 Å². The fourth-order valence-electron chi connectivity index (χ4n) is 2.12. The molecule has 1 aliphatic heterocycles. The van der Waals surface area contributed by atoms with Gasteiger partial charge in [0.2, 0.25) is 5.88 Å². The first-order valence-electron chi connectivity index (χ1n) is 5.69. The number of amides is 1. The molecule has 1 aromatic heterocycles. The van der Waals surface area contributed by atoms with Crippen LogP contribution in [-0.4, -0.2) is 18.0 Å². The number of rotatable bonds is 2. The van der Waals surface area contributed by atoms with Gasteiger partial charge in [0, 0.05) is 11.6 Å². The largest absolute Gasteiger partial charge is 0.481 e. The Morgan fingerprint density at radius 3 is 2.72 bits per heavy atom. The van der Waals surface area contributed by atoms with Crippen molar-refractivity contribution >= 4 is 11.6 Å². The molecule has 2 aromatic rings. The summed E-state index contributed by atoms with van der Waals surface area (Å²) in [4.78, 5) is 18.1. The van der Waals surface area contributed by atoms with Gasteiger partial charge < -0.3 is 9.64 Å². The van der Waals surface area contributed by atoms with Crippen LogP contribution in [0.4, 0.5) is 5.69 Å². The van der Waals surface area contributed by atoms with E-state index in [1.807, 2.05) is 30.3 Å². The molecule has 0 saturated carbocycles. The van der Waals surface area contributed by atoms with Gasteiger partial charge in [-0.2, -0.15) is 0 Å². The standard InChI is InChI=1S/C14H12N2O2/c1-18-13-7-6-11(8-15-13)16-9-10-4-2-3-5-12(10)14(16)17/h2-8H,9H2,1H3. The third-order valence-corrected chi connectivity index (χ3v) is 3.06. The summed E-state index contributed by atoms with van der Waals surface area (Å²) in [5.41, 5.74) is 2.61. The lowest BCUT2D eigenvalue weighted by Gasteiger charge is -2.15. The quantitative estimate of drug-likeness (QED) is 0.808. The van der Waals surface area contributed by atoms with E-state index in [-0.39, 0.29) is 5.91 Å². The van der Waals surface area contributed by atoms with E-state index in [0.717, 1.165) is 16.8 Å². The molecule has 0 aliphatic carbocycles. The van der Waals surface area contributed by atoms with Gasteiger partial charge in [-0.25, -0.2) is 4.98 Å². The van der Waals surface area contributed by atoms with Crippen LogP contribution in [0.2, 0.25) is 0 Å². The molecule has 0 atom stereocenters. The lowest BCUT2D eigenvalue weighted by Crippen LogP contribution is -2.23. The molecule has 3 rings (SSSR count). The van der Waals surface area contributed by atoms with Gasteiger partial charge in [-0.15, -0.1) is 0 Å². The van der Waals surface area contributed by atoms with Crippen molar-refractivity contribution in [3.05, 3.63) is 53.7 Å². The van der Waals surface area contributed by atoms with E-state index >= 15 is 0 Å². The number of nitrogens with zero attached hydrogens (tertiary/aromatic N) is 2. The lowest BCUT2D eigenvalue weighted by atomic mass is 10.1. The molecule has 0 unspecified atom stereocenters. The SMILES string of the molecule is COc1ccc(N2Cc3ccccc3C2=O)cn1. The number of ether oxygens (including phenoxy) is 1. The predicted octanol–water partition coefficient (Wildman–Crippen LogP) is 2.25. The number of hydrogen-bond acceptors (Lipinski definition) is 3. The van der Waals surface area contributed by atoms with E-state index in [0.29, 0.717) is 12.4 Å². The Morgan fingerprint density at radius 1 is 1.22 bits per heavy atom. The summed E-state index contributed by atoms with van der Waals surface area (Å²) in [7, 11) is 1.57. The van der Waals surface area contributed by atoms with Crippen LogP contribution in [0.3, 0.4) is 0 Å². The molecule has 4 heteroatoms.